The van der Waals surface area contributed by atoms with Crippen LogP contribution < -0.4 is 0 Å². The summed E-state index contributed by atoms with van der Waals surface area (Å²) in [4.78, 5) is 0. The van der Waals surface area contributed by atoms with Gasteiger partial charge in [0, 0.05) is 7.43 Å². The highest BCUT2D eigenvalue weighted by Gasteiger charge is 2.00. The van der Waals surface area contributed by atoms with Crippen molar-refractivity contribution >= 4 is 41.5 Å². The summed E-state index contributed by atoms with van der Waals surface area (Å²) >= 11 is -1.72. The lowest BCUT2D eigenvalue weighted by Gasteiger charge is -1.57. The summed E-state index contributed by atoms with van der Waals surface area (Å²) in [6.07, 6.45) is 0. The van der Waals surface area contributed by atoms with E-state index in [2.05, 4.69) is 0 Å². The third kappa shape index (κ3) is 31.8. The molecule has 0 aromatic carbocycles. The summed E-state index contributed by atoms with van der Waals surface area (Å²) in [5.74, 6) is 0. The van der Waals surface area contributed by atoms with E-state index in [0.29, 0.717) is 0 Å². The van der Waals surface area contributed by atoms with Crippen molar-refractivity contribution in [2.75, 3.05) is 0 Å². The first-order valence-electron chi connectivity index (χ1n) is 0.655. The van der Waals surface area contributed by atoms with Gasteiger partial charge in [0.25, 0.3) is 0 Å². The highest BCUT2D eigenvalue weighted by molar-refractivity contribution is 7.54. The van der Waals surface area contributed by atoms with Gasteiger partial charge in [-0.05, 0) is 0 Å². The monoisotopic (exact) mass is 144 g/mol. The Morgan fingerprint density at radius 3 is 1.00 bits per heavy atom. The van der Waals surface area contributed by atoms with Gasteiger partial charge in [0.15, 0.2) is 0 Å². The summed E-state index contributed by atoms with van der Waals surface area (Å²) in [5.41, 5.74) is 0. The van der Waals surface area contributed by atoms with Crippen molar-refractivity contribution in [3.05, 3.63) is 7.43 Å². The first-order chi connectivity index (χ1) is 1.73. The molecule has 0 aliphatic carbocycles. The molecule has 4 radical (unpaired) electrons. The van der Waals surface area contributed by atoms with Crippen LogP contribution in [-0.4, -0.2) is 11.4 Å². The summed E-state index contributed by atoms with van der Waals surface area (Å²) < 4.78 is 0. The van der Waals surface area contributed by atoms with Crippen LogP contribution in [0.15, 0.2) is 0 Å². The Morgan fingerprint density at radius 1 is 1.00 bits per heavy atom. The topological polar surface area (TPSA) is 0 Å². The van der Waals surface area contributed by atoms with Crippen LogP contribution in [0.4, 0.5) is 0 Å². The second-order valence-electron chi connectivity index (χ2n) is 0.247. The zero-order chi connectivity index (χ0) is 3.58. The minimum Gasteiger partial charge on any atom is -0.214 e. The fourth-order valence-electron chi connectivity index (χ4n) is 0. The Morgan fingerprint density at radius 2 is 1.00 bits per heavy atom. The van der Waals surface area contributed by atoms with Crippen molar-refractivity contribution in [3.8, 4) is 0 Å². The molecule has 0 nitrogen and oxygen atoms in total. The van der Waals surface area contributed by atoms with Crippen LogP contribution in [0.1, 0.15) is 0 Å². The SMILES string of the molecule is [C].[Cl][Al]([Cl])[Cl]. The lowest BCUT2D eigenvalue weighted by Crippen LogP contribution is -1.66. The Labute approximate surface area is 49.0 Å². The molecular formula is CAlCl3. The van der Waals surface area contributed by atoms with Gasteiger partial charge in [0.05, 0.1) is 0 Å². The second-order valence-corrected chi connectivity index (χ2v) is 6.68. The van der Waals surface area contributed by atoms with Crippen molar-refractivity contribution in [1.29, 1.82) is 0 Å². The largest absolute Gasteiger partial charge is 0.643 e. The molecule has 0 aromatic rings. The van der Waals surface area contributed by atoms with Crippen molar-refractivity contribution in [2.45, 2.75) is 0 Å². The van der Waals surface area contributed by atoms with E-state index < -0.39 is 11.4 Å². The van der Waals surface area contributed by atoms with Gasteiger partial charge in [0.2, 0.25) is 0 Å². The van der Waals surface area contributed by atoms with Gasteiger partial charge in [0.1, 0.15) is 0 Å². The summed E-state index contributed by atoms with van der Waals surface area (Å²) in [6, 6.07) is 0. The molecule has 5 heavy (non-hydrogen) atoms. The fourth-order valence-corrected chi connectivity index (χ4v) is 0. The molecule has 0 unspecified atom stereocenters. The lowest BCUT2D eigenvalue weighted by molar-refractivity contribution is 3.24. The van der Waals surface area contributed by atoms with Crippen LogP contribution in [-0.2, 0) is 0 Å². The highest BCUT2D eigenvalue weighted by Crippen LogP contribution is 1.97. The van der Waals surface area contributed by atoms with Gasteiger partial charge in [-0.2, -0.15) is 0 Å². The molecular weight excluding hydrogens is 145 g/mol. The average Bonchev–Trinajstić information content (AvgIpc) is 0.811. The maximum atomic E-state index is 4.94. The average molecular weight is 145 g/mol. The number of hydrogen-bond donors (Lipinski definition) is 0. The number of rotatable bonds is 0. The van der Waals surface area contributed by atoms with Crippen LogP contribution in [0.3, 0.4) is 0 Å². The molecule has 0 N–H and O–H groups in total. The van der Waals surface area contributed by atoms with Crippen molar-refractivity contribution in [1.82, 2.24) is 0 Å². The summed E-state index contributed by atoms with van der Waals surface area (Å²) in [7, 11) is 14.8. The van der Waals surface area contributed by atoms with E-state index in [9.17, 15) is 0 Å². The molecule has 0 fully saturated rings. The zero-order valence-corrected chi connectivity index (χ0v) is 5.63. The quantitative estimate of drug-likeness (QED) is 0.456. The summed E-state index contributed by atoms with van der Waals surface area (Å²) in [5, 5.41) is 0. The molecule has 0 aromatic heterocycles. The predicted molar refractivity (Wildman–Crippen MR) is 26.6 cm³/mol. The normalized spacial score (nSPS) is 5.40. The van der Waals surface area contributed by atoms with E-state index in [0.717, 1.165) is 0 Å². The Bertz CT molecular complexity index is 11.6. The number of hydrogen-bond acceptors (Lipinski definition) is 0. The molecule has 0 aliphatic rings. The highest BCUT2D eigenvalue weighted by atomic mass is 35.8. The van der Waals surface area contributed by atoms with Gasteiger partial charge in [-0.3, -0.25) is 0 Å². The third-order valence-corrected chi connectivity index (χ3v) is 0. The minimum atomic E-state index is -1.72. The molecule has 0 saturated carbocycles. The Kier molecular flexibility index (Phi) is 10.4. The maximum absolute atomic E-state index is 4.94. The lowest BCUT2D eigenvalue weighted by atomic mass is 12.0. The Balaban J connectivity index is 0. The predicted octanol–water partition coefficient (Wildman–Crippen LogP) is 1.77. The van der Waals surface area contributed by atoms with Gasteiger partial charge in [-0.1, -0.05) is 0 Å². The first kappa shape index (κ1) is 9.64. The van der Waals surface area contributed by atoms with Crippen LogP contribution in [0, 0.1) is 7.43 Å². The van der Waals surface area contributed by atoms with Crippen molar-refractivity contribution < 1.29 is 0 Å². The molecule has 0 heterocycles. The van der Waals surface area contributed by atoms with Crippen molar-refractivity contribution in [3.63, 3.8) is 0 Å². The van der Waals surface area contributed by atoms with E-state index in [4.69, 9.17) is 30.1 Å². The van der Waals surface area contributed by atoms with E-state index >= 15 is 0 Å². The van der Waals surface area contributed by atoms with Gasteiger partial charge in [-0.25, -0.2) is 30.1 Å². The molecule has 4 heteroatoms. The minimum absolute atomic E-state index is 0. The molecule has 0 spiro atoms. The number of halogens is 3. The van der Waals surface area contributed by atoms with Crippen LogP contribution in [0.25, 0.3) is 0 Å². The molecule has 0 saturated heterocycles. The van der Waals surface area contributed by atoms with E-state index in [-0.39, 0.29) is 7.43 Å². The molecule has 0 amide bonds. The fraction of sp³-hybridized carbons (Fsp3) is 0. The zero-order valence-electron chi connectivity index (χ0n) is 2.21. The molecule has 0 atom stereocenters. The molecule has 0 rings (SSSR count). The van der Waals surface area contributed by atoms with Crippen LogP contribution >= 0.6 is 30.1 Å². The van der Waals surface area contributed by atoms with Gasteiger partial charge in [-0.15, -0.1) is 0 Å². The molecule has 28 valence electrons. The van der Waals surface area contributed by atoms with E-state index in [1.165, 1.54) is 0 Å². The van der Waals surface area contributed by atoms with Crippen molar-refractivity contribution in [2.24, 2.45) is 0 Å². The third-order valence-electron chi connectivity index (χ3n) is 0. The maximum Gasteiger partial charge on any atom is 0.643 e. The molecule has 0 bridgehead atoms. The standard InChI is InChI=1S/C.Al.3ClH/h;;3*1H/q;+3;;;/p-3. The van der Waals surface area contributed by atoms with Gasteiger partial charge < -0.3 is 0 Å². The van der Waals surface area contributed by atoms with E-state index in [1.807, 2.05) is 0 Å². The van der Waals surface area contributed by atoms with E-state index in [1.54, 1.807) is 0 Å². The summed E-state index contributed by atoms with van der Waals surface area (Å²) in [6.45, 7) is 0. The first-order valence-corrected chi connectivity index (χ1v) is 5.89. The van der Waals surface area contributed by atoms with Gasteiger partial charge >= 0.3 is 11.4 Å². The smallest absolute Gasteiger partial charge is 0.214 e. The van der Waals surface area contributed by atoms with Crippen LogP contribution in [0.2, 0.25) is 0 Å². The second kappa shape index (κ2) is 5.40. The van der Waals surface area contributed by atoms with Crippen LogP contribution in [0.5, 0.6) is 0 Å². The Hall–Kier alpha value is 1.40. The molecule has 0 aliphatic heterocycles.